The van der Waals surface area contributed by atoms with Crippen molar-refractivity contribution < 1.29 is 19.4 Å². The quantitative estimate of drug-likeness (QED) is 0.687. The fourth-order valence-corrected chi connectivity index (χ4v) is 2.59. The number of carboxylic acids is 1. The van der Waals surface area contributed by atoms with E-state index in [0.29, 0.717) is 22.8 Å². The van der Waals surface area contributed by atoms with Gasteiger partial charge in [0.2, 0.25) is 0 Å². The van der Waals surface area contributed by atoms with Gasteiger partial charge in [-0.15, -0.1) is 0 Å². The summed E-state index contributed by atoms with van der Waals surface area (Å²) in [5, 5.41) is 13.6. The van der Waals surface area contributed by atoms with Crippen molar-refractivity contribution >= 4 is 12.0 Å². The van der Waals surface area contributed by atoms with Crippen LogP contribution in [0.1, 0.15) is 5.56 Å². The molecule has 3 aromatic rings. The summed E-state index contributed by atoms with van der Waals surface area (Å²) in [6.45, 7) is 0. The molecule has 0 radical (unpaired) electrons. The van der Waals surface area contributed by atoms with Crippen LogP contribution in [0.5, 0.6) is 11.5 Å². The lowest BCUT2D eigenvalue weighted by Gasteiger charge is -2.09. The molecule has 0 aliphatic heterocycles. The topological polar surface area (TPSA) is 73.6 Å². The summed E-state index contributed by atoms with van der Waals surface area (Å²) in [5.41, 5.74) is 3.00. The molecule has 1 aromatic heterocycles. The number of nitrogens with zero attached hydrogens (tertiary/aromatic N) is 2. The minimum Gasteiger partial charge on any atom is -0.493 e. The highest BCUT2D eigenvalue weighted by molar-refractivity contribution is 5.87. The first-order valence-electron chi connectivity index (χ1n) is 7.91. The third kappa shape index (κ3) is 3.59. The molecule has 0 fully saturated rings. The van der Waals surface area contributed by atoms with Crippen molar-refractivity contribution in [2.45, 2.75) is 0 Å². The molecule has 132 valence electrons. The van der Waals surface area contributed by atoms with Crippen LogP contribution in [0.4, 0.5) is 0 Å². The van der Waals surface area contributed by atoms with Gasteiger partial charge in [0.05, 0.1) is 19.9 Å². The summed E-state index contributed by atoms with van der Waals surface area (Å²) >= 11 is 0. The lowest BCUT2D eigenvalue weighted by atomic mass is 10.1. The van der Waals surface area contributed by atoms with Crippen LogP contribution in [-0.2, 0) is 4.79 Å². The van der Waals surface area contributed by atoms with Crippen molar-refractivity contribution in [3.63, 3.8) is 0 Å². The number of carboxylic acid groups (broad SMARTS) is 1. The molecule has 1 N–H and O–H groups in total. The van der Waals surface area contributed by atoms with Crippen molar-refractivity contribution in [2.24, 2.45) is 0 Å². The number of aromatic nitrogens is 2. The van der Waals surface area contributed by atoms with E-state index in [1.807, 2.05) is 42.5 Å². The Hall–Kier alpha value is -3.54. The Morgan fingerprint density at radius 1 is 1.08 bits per heavy atom. The molecule has 0 saturated heterocycles. The molecule has 0 amide bonds. The van der Waals surface area contributed by atoms with Gasteiger partial charge < -0.3 is 14.6 Å². The Kier molecular flexibility index (Phi) is 5.03. The molecule has 1 heterocycles. The third-order valence-corrected chi connectivity index (χ3v) is 3.83. The molecule has 0 bridgehead atoms. The predicted molar refractivity (Wildman–Crippen MR) is 98.8 cm³/mol. The summed E-state index contributed by atoms with van der Waals surface area (Å²) in [5.74, 6) is 0.171. The molecule has 6 heteroatoms. The van der Waals surface area contributed by atoms with E-state index in [4.69, 9.17) is 14.6 Å². The van der Waals surface area contributed by atoms with E-state index in [1.54, 1.807) is 31.2 Å². The number of hydrogen-bond donors (Lipinski definition) is 1. The van der Waals surface area contributed by atoms with Crippen LogP contribution in [0, 0.1) is 0 Å². The average molecular weight is 350 g/mol. The number of rotatable bonds is 6. The second kappa shape index (κ2) is 7.57. The highest BCUT2D eigenvalue weighted by Crippen LogP contribution is 2.33. The monoisotopic (exact) mass is 350 g/mol. The number of para-hydroxylation sites is 1. The number of methoxy groups -OCH3 is 2. The second-order valence-corrected chi connectivity index (χ2v) is 5.45. The summed E-state index contributed by atoms with van der Waals surface area (Å²) in [6, 6.07) is 15.1. The highest BCUT2D eigenvalue weighted by atomic mass is 16.5. The molecule has 26 heavy (non-hydrogen) atoms. The van der Waals surface area contributed by atoms with Gasteiger partial charge >= 0.3 is 5.97 Å². The van der Waals surface area contributed by atoms with Crippen molar-refractivity contribution in [3.8, 4) is 28.4 Å². The first kappa shape index (κ1) is 17.3. The smallest absolute Gasteiger partial charge is 0.328 e. The standard InChI is InChI=1S/C20H18N2O4/c1-25-17-10-8-14(12-18(17)26-2)20-15(9-11-19(23)24)13-22(21-20)16-6-4-3-5-7-16/h3-13H,1-2H3,(H,23,24)/b11-9-. The van der Waals surface area contributed by atoms with Gasteiger partial charge in [-0.2, -0.15) is 5.10 Å². The van der Waals surface area contributed by atoms with Gasteiger partial charge in [-0.25, -0.2) is 9.48 Å². The molecular weight excluding hydrogens is 332 g/mol. The van der Waals surface area contributed by atoms with Crippen LogP contribution >= 0.6 is 0 Å². The van der Waals surface area contributed by atoms with Gasteiger partial charge in [-0.1, -0.05) is 18.2 Å². The summed E-state index contributed by atoms with van der Waals surface area (Å²) in [6.07, 6.45) is 4.41. The van der Waals surface area contributed by atoms with Crippen LogP contribution in [-0.4, -0.2) is 35.1 Å². The molecule has 0 aliphatic carbocycles. The Labute approximate surface area is 150 Å². The zero-order valence-electron chi connectivity index (χ0n) is 14.4. The number of ether oxygens (including phenoxy) is 2. The van der Waals surface area contributed by atoms with Crippen LogP contribution in [0.15, 0.2) is 60.8 Å². The van der Waals surface area contributed by atoms with E-state index in [9.17, 15) is 4.79 Å². The summed E-state index contributed by atoms with van der Waals surface area (Å²) in [4.78, 5) is 10.9. The first-order chi connectivity index (χ1) is 12.6. The van der Waals surface area contributed by atoms with Crippen LogP contribution in [0.25, 0.3) is 23.0 Å². The fourth-order valence-electron chi connectivity index (χ4n) is 2.59. The molecule has 0 unspecified atom stereocenters. The Morgan fingerprint density at radius 2 is 1.81 bits per heavy atom. The Balaban J connectivity index is 2.13. The van der Waals surface area contributed by atoms with Gasteiger partial charge in [-0.05, 0) is 36.4 Å². The zero-order valence-corrected chi connectivity index (χ0v) is 14.4. The Bertz CT molecular complexity index is 946. The lowest BCUT2D eigenvalue weighted by Crippen LogP contribution is -1.95. The van der Waals surface area contributed by atoms with Gasteiger partial charge in [-0.3, -0.25) is 0 Å². The first-order valence-corrected chi connectivity index (χ1v) is 7.91. The van der Waals surface area contributed by atoms with Crippen LogP contribution < -0.4 is 9.47 Å². The Morgan fingerprint density at radius 3 is 2.46 bits per heavy atom. The largest absolute Gasteiger partial charge is 0.493 e. The molecule has 0 aliphatic rings. The van der Waals surface area contributed by atoms with Gasteiger partial charge in [0.1, 0.15) is 5.69 Å². The molecule has 0 spiro atoms. The van der Waals surface area contributed by atoms with Crippen molar-refractivity contribution in [1.29, 1.82) is 0 Å². The predicted octanol–water partition coefficient (Wildman–Crippen LogP) is 3.65. The van der Waals surface area contributed by atoms with E-state index in [-0.39, 0.29) is 0 Å². The SMILES string of the molecule is COc1ccc(-c2nn(-c3ccccc3)cc2/C=C\C(=O)O)cc1OC. The van der Waals surface area contributed by atoms with Gasteiger partial charge in [0, 0.05) is 23.4 Å². The van der Waals surface area contributed by atoms with Crippen molar-refractivity contribution in [2.75, 3.05) is 14.2 Å². The maximum absolute atomic E-state index is 10.9. The van der Waals surface area contributed by atoms with E-state index >= 15 is 0 Å². The number of carbonyl (C=O) groups is 1. The maximum Gasteiger partial charge on any atom is 0.328 e. The van der Waals surface area contributed by atoms with Gasteiger partial charge in [0.25, 0.3) is 0 Å². The van der Waals surface area contributed by atoms with Crippen molar-refractivity contribution in [3.05, 3.63) is 66.4 Å². The molecule has 2 aromatic carbocycles. The number of hydrogen-bond acceptors (Lipinski definition) is 4. The minimum atomic E-state index is -1.02. The zero-order chi connectivity index (χ0) is 18.5. The molecule has 6 nitrogen and oxygen atoms in total. The molecule has 3 rings (SSSR count). The summed E-state index contributed by atoms with van der Waals surface area (Å²) in [7, 11) is 3.14. The average Bonchev–Trinajstić information content (AvgIpc) is 3.10. The van der Waals surface area contributed by atoms with E-state index < -0.39 is 5.97 Å². The number of benzene rings is 2. The van der Waals surface area contributed by atoms with Crippen molar-refractivity contribution in [1.82, 2.24) is 9.78 Å². The molecule has 0 saturated carbocycles. The summed E-state index contributed by atoms with van der Waals surface area (Å²) < 4.78 is 12.3. The molecular formula is C20H18N2O4. The normalized spacial score (nSPS) is 10.8. The third-order valence-electron chi connectivity index (χ3n) is 3.83. The minimum absolute atomic E-state index is 0.576. The van der Waals surface area contributed by atoms with Crippen LogP contribution in [0.2, 0.25) is 0 Å². The molecule has 0 atom stereocenters. The lowest BCUT2D eigenvalue weighted by molar-refractivity contribution is -0.131. The maximum atomic E-state index is 10.9. The van der Waals surface area contributed by atoms with E-state index in [0.717, 1.165) is 17.3 Å². The number of aliphatic carboxylic acids is 1. The van der Waals surface area contributed by atoms with Gasteiger partial charge in [0.15, 0.2) is 11.5 Å². The van der Waals surface area contributed by atoms with E-state index in [1.165, 1.54) is 6.08 Å². The highest BCUT2D eigenvalue weighted by Gasteiger charge is 2.13. The fraction of sp³-hybridized carbons (Fsp3) is 0.100. The second-order valence-electron chi connectivity index (χ2n) is 5.45. The van der Waals surface area contributed by atoms with Crippen LogP contribution in [0.3, 0.4) is 0 Å². The van der Waals surface area contributed by atoms with E-state index in [2.05, 4.69) is 5.10 Å².